The molecule has 3 atom stereocenters. The largest absolute Gasteiger partial charge is 0.494 e. The predicted octanol–water partition coefficient (Wildman–Crippen LogP) is 3.36. The number of nitrogens with one attached hydrogen (secondary N) is 1. The quantitative estimate of drug-likeness (QED) is 0.454. The maximum atomic E-state index is 12.5. The number of hydrogen-bond donors (Lipinski definition) is 3. The van der Waals surface area contributed by atoms with E-state index in [1.807, 2.05) is 56.3 Å². The Morgan fingerprint density at radius 3 is 2.58 bits per heavy atom. The minimum atomic E-state index is -1.10. The van der Waals surface area contributed by atoms with Gasteiger partial charge in [0, 0.05) is 31.6 Å². The Bertz CT molecular complexity index is 1090. The van der Waals surface area contributed by atoms with Crippen molar-refractivity contribution in [3.63, 3.8) is 0 Å². The summed E-state index contributed by atoms with van der Waals surface area (Å²) in [6.07, 6.45) is -1.84. The average molecular weight is 499 g/mol. The number of carboxylic acid groups (broad SMARTS) is 1. The third kappa shape index (κ3) is 5.33. The van der Waals surface area contributed by atoms with Gasteiger partial charge in [0.15, 0.2) is 0 Å². The number of fused-ring (bicyclic) bond motifs is 1. The lowest BCUT2D eigenvalue weighted by atomic mass is 9.84. The molecule has 2 aliphatic rings. The number of aliphatic hydroxyl groups excluding tert-OH is 1. The fraction of sp³-hybridized carbons (Fsp3) is 0.481. The Hall–Kier alpha value is -3.14. The molecule has 36 heavy (non-hydrogen) atoms. The van der Waals surface area contributed by atoms with E-state index >= 15 is 0 Å². The van der Waals surface area contributed by atoms with Gasteiger partial charge in [-0.1, -0.05) is 30.3 Å². The summed E-state index contributed by atoms with van der Waals surface area (Å²) < 4.78 is 17.0. The molecule has 9 heteroatoms. The zero-order valence-corrected chi connectivity index (χ0v) is 20.9. The van der Waals surface area contributed by atoms with Gasteiger partial charge in [-0.15, -0.1) is 0 Å². The number of rotatable bonds is 9. The highest BCUT2D eigenvalue weighted by Gasteiger charge is 2.41. The Morgan fingerprint density at radius 1 is 1.14 bits per heavy atom. The molecule has 0 aromatic heterocycles. The maximum Gasteiger partial charge on any atom is 0.407 e. The van der Waals surface area contributed by atoms with Crippen LogP contribution >= 0.6 is 0 Å². The van der Waals surface area contributed by atoms with Crippen LogP contribution in [0, 0.1) is 0 Å². The highest BCUT2D eigenvalue weighted by Crippen LogP contribution is 2.40. The van der Waals surface area contributed by atoms with E-state index in [4.69, 9.17) is 14.2 Å². The lowest BCUT2D eigenvalue weighted by Gasteiger charge is -2.40. The molecule has 2 aromatic rings. The van der Waals surface area contributed by atoms with E-state index in [-0.39, 0.29) is 25.6 Å². The second-order valence-corrected chi connectivity index (χ2v) is 9.81. The number of amides is 2. The van der Waals surface area contributed by atoms with E-state index < -0.39 is 29.6 Å². The minimum absolute atomic E-state index is 0.000110. The lowest BCUT2D eigenvalue weighted by molar-refractivity contribution is -0.119. The number of ether oxygens (including phenoxy) is 3. The smallest absolute Gasteiger partial charge is 0.407 e. The molecular weight excluding hydrogens is 464 g/mol. The lowest BCUT2D eigenvalue weighted by Crippen LogP contribution is -2.53. The van der Waals surface area contributed by atoms with Gasteiger partial charge in [-0.25, -0.2) is 4.79 Å². The van der Waals surface area contributed by atoms with E-state index in [1.165, 1.54) is 4.90 Å². The van der Waals surface area contributed by atoms with Gasteiger partial charge in [-0.05, 0) is 37.1 Å². The minimum Gasteiger partial charge on any atom is -0.494 e. The second-order valence-electron chi connectivity index (χ2n) is 9.81. The summed E-state index contributed by atoms with van der Waals surface area (Å²) >= 11 is 0. The van der Waals surface area contributed by atoms with Gasteiger partial charge in [0.1, 0.15) is 5.75 Å². The molecule has 0 saturated carbocycles. The molecule has 0 radical (unpaired) electrons. The normalized spacial score (nSPS) is 22.7. The molecule has 0 bridgehead atoms. The number of likely N-dealkylation sites (tertiary alicyclic amines) is 1. The van der Waals surface area contributed by atoms with E-state index in [1.54, 1.807) is 7.11 Å². The molecular formula is C27H34N2O7. The van der Waals surface area contributed by atoms with Crippen molar-refractivity contribution in [1.82, 2.24) is 4.90 Å². The fourth-order valence-corrected chi connectivity index (χ4v) is 4.90. The third-order valence-electron chi connectivity index (χ3n) is 7.00. The molecule has 2 aromatic carbocycles. The van der Waals surface area contributed by atoms with Gasteiger partial charge in [0.25, 0.3) is 0 Å². The summed E-state index contributed by atoms with van der Waals surface area (Å²) in [5.74, 6) is 0.214. The fourth-order valence-electron chi connectivity index (χ4n) is 4.90. The van der Waals surface area contributed by atoms with Gasteiger partial charge >= 0.3 is 6.09 Å². The summed E-state index contributed by atoms with van der Waals surface area (Å²) in [5, 5.41) is 23.5. The first-order valence-corrected chi connectivity index (χ1v) is 12.2. The van der Waals surface area contributed by atoms with Crippen molar-refractivity contribution < 1.29 is 34.0 Å². The Balaban J connectivity index is 1.52. The SMILES string of the molecule is COCCCOc1ccc([C@H]2[C@H](O)CN(C(=O)O)C[C@@H]2OCc2cccc3c2NC(=O)C3(C)C)cc1. The van der Waals surface area contributed by atoms with Crippen molar-refractivity contribution in [3.05, 3.63) is 59.2 Å². The molecule has 1 saturated heterocycles. The van der Waals surface area contributed by atoms with Crippen LogP contribution in [-0.4, -0.2) is 72.7 Å². The Labute approximate surface area is 211 Å². The number of benzene rings is 2. The number of anilines is 1. The first-order valence-electron chi connectivity index (χ1n) is 12.2. The first-order chi connectivity index (χ1) is 17.2. The number of methoxy groups -OCH3 is 1. The first kappa shape index (κ1) is 25.9. The van der Waals surface area contributed by atoms with Crippen LogP contribution in [0.5, 0.6) is 5.75 Å². The maximum absolute atomic E-state index is 12.5. The Morgan fingerprint density at radius 2 is 1.89 bits per heavy atom. The van der Waals surface area contributed by atoms with Gasteiger partial charge in [-0.3, -0.25) is 4.79 Å². The summed E-state index contributed by atoms with van der Waals surface area (Å²) in [4.78, 5) is 25.3. The number of hydrogen-bond acceptors (Lipinski definition) is 6. The summed E-state index contributed by atoms with van der Waals surface area (Å²) in [6, 6.07) is 13.2. The molecule has 4 rings (SSSR count). The van der Waals surface area contributed by atoms with Crippen LogP contribution in [0.15, 0.2) is 42.5 Å². The molecule has 194 valence electrons. The molecule has 2 heterocycles. The highest BCUT2D eigenvalue weighted by molar-refractivity contribution is 6.06. The van der Waals surface area contributed by atoms with Gasteiger partial charge < -0.3 is 34.6 Å². The van der Waals surface area contributed by atoms with Crippen LogP contribution in [0.25, 0.3) is 0 Å². The van der Waals surface area contributed by atoms with Gasteiger partial charge in [-0.2, -0.15) is 0 Å². The molecule has 0 spiro atoms. The van der Waals surface area contributed by atoms with Crippen molar-refractivity contribution in [1.29, 1.82) is 0 Å². The predicted molar refractivity (Wildman–Crippen MR) is 133 cm³/mol. The number of nitrogens with zero attached hydrogens (tertiary/aromatic N) is 1. The van der Waals surface area contributed by atoms with Crippen LogP contribution in [0.3, 0.4) is 0 Å². The number of piperidine rings is 1. The second kappa shape index (κ2) is 10.9. The van der Waals surface area contributed by atoms with Crippen molar-refractivity contribution in [2.75, 3.05) is 38.7 Å². The standard InChI is InChI=1S/C27H34N2O7/c1-27(2)20-7-4-6-18(24(20)28-25(27)31)16-36-22-15-29(26(32)33)14-21(30)23(22)17-8-10-19(11-9-17)35-13-5-12-34-3/h4,6-11,21-23,30H,5,12-16H2,1-3H3,(H,28,31)(H,32,33)/t21-,22+,23+/m1/s1. The molecule has 2 aliphatic heterocycles. The zero-order valence-electron chi connectivity index (χ0n) is 20.9. The Kier molecular flexibility index (Phi) is 7.82. The molecule has 3 N–H and O–H groups in total. The highest BCUT2D eigenvalue weighted by atomic mass is 16.5. The number of carbonyl (C=O) groups is 2. The van der Waals surface area contributed by atoms with Crippen molar-refractivity contribution in [2.45, 2.75) is 50.4 Å². The molecule has 0 aliphatic carbocycles. The van der Waals surface area contributed by atoms with Gasteiger partial charge in [0.05, 0.1) is 49.6 Å². The number of β-amino-alcohol motifs (C(OH)–C–C–N with tert-alkyl or cyclic N) is 1. The van der Waals surface area contributed by atoms with Crippen molar-refractivity contribution in [2.24, 2.45) is 0 Å². The van der Waals surface area contributed by atoms with Crippen molar-refractivity contribution in [3.8, 4) is 5.75 Å². The van der Waals surface area contributed by atoms with E-state index in [2.05, 4.69) is 5.32 Å². The number of aliphatic hydroxyl groups is 1. The summed E-state index contributed by atoms with van der Waals surface area (Å²) in [7, 11) is 1.65. The van der Waals surface area contributed by atoms with E-state index in [0.29, 0.717) is 19.0 Å². The molecule has 1 fully saturated rings. The van der Waals surface area contributed by atoms with Crippen LogP contribution in [0.1, 0.15) is 42.9 Å². The van der Waals surface area contributed by atoms with Gasteiger partial charge in [0.2, 0.25) is 5.91 Å². The monoisotopic (exact) mass is 498 g/mol. The molecule has 2 amide bonds. The third-order valence-corrected chi connectivity index (χ3v) is 7.00. The average Bonchev–Trinajstić information content (AvgIpc) is 3.09. The summed E-state index contributed by atoms with van der Waals surface area (Å²) in [6.45, 7) is 5.20. The van der Waals surface area contributed by atoms with E-state index in [9.17, 15) is 19.8 Å². The van der Waals surface area contributed by atoms with E-state index in [0.717, 1.165) is 28.8 Å². The molecule has 0 unspecified atom stereocenters. The molecule has 9 nitrogen and oxygen atoms in total. The van der Waals surface area contributed by atoms with Crippen LogP contribution in [0.2, 0.25) is 0 Å². The van der Waals surface area contributed by atoms with Crippen molar-refractivity contribution >= 4 is 17.7 Å². The van der Waals surface area contributed by atoms with Crippen LogP contribution in [0.4, 0.5) is 10.5 Å². The zero-order chi connectivity index (χ0) is 25.9. The van der Waals surface area contributed by atoms with Crippen LogP contribution in [-0.2, 0) is 26.3 Å². The van der Waals surface area contributed by atoms with Crippen LogP contribution < -0.4 is 10.1 Å². The number of carbonyl (C=O) groups excluding carboxylic acids is 1. The summed E-state index contributed by atoms with van der Waals surface area (Å²) in [5.41, 5.74) is 2.66. The topological polar surface area (TPSA) is 118 Å². The number of para-hydroxylation sites is 1.